The maximum atomic E-state index is 11.5. The van der Waals surface area contributed by atoms with Crippen LogP contribution in [0.4, 0.5) is 4.79 Å². The molecular formula is C17H24N2O5. The Morgan fingerprint density at radius 2 is 1.92 bits per heavy atom. The monoisotopic (exact) mass is 336 g/mol. The second-order valence-corrected chi connectivity index (χ2v) is 6.22. The Bertz CT molecular complexity index is 560. The molecule has 0 saturated carbocycles. The van der Waals surface area contributed by atoms with E-state index in [1.54, 1.807) is 45.0 Å². The zero-order valence-corrected chi connectivity index (χ0v) is 14.2. The minimum Gasteiger partial charge on any atom is -0.493 e. The number of nitrogens with one attached hydrogen (secondary N) is 1. The molecule has 7 heteroatoms. The Morgan fingerprint density at radius 1 is 1.29 bits per heavy atom. The summed E-state index contributed by atoms with van der Waals surface area (Å²) in [5.41, 5.74) is -0.143. The van der Waals surface area contributed by atoms with Crippen molar-refractivity contribution in [3.8, 4) is 11.8 Å². The molecule has 0 aliphatic carbocycles. The van der Waals surface area contributed by atoms with Gasteiger partial charge in [0.1, 0.15) is 30.2 Å². The Morgan fingerprint density at radius 3 is 2.46 bits per heavy atom. The summed E-state index contributed by atoms with van der Waals surface area (Å²) in [7, 11) is 0. The number of amides is 1. The average Bonchev–Trinajstić information content (AvgIpc) is 2.51. The number of alkyl carbamates (subject to hydrolysis) is 1. The molecule has 3 N–H and O–H groups in total. The molecule has 1 rings (SSSR count). The molecule has 0 radical (unpaired) electrons. The van der Waals surface area contributed by atoms with Crippen molar-refractivity contribution in [3.05, 3.63) is 29.8 Å². The van der Waals surface area contributed by atoms with Gasteiger partial charge in [0.15, 0.2) is 0 Å². The molecule has 0 saturated heterocycles. The fraction of sp³-hybridized carbons (Fsp3) is 0.529. The number of aliphatic hydroxyl groups is 2. The zero-order chi connectivity index (χ0) is 18.2. The molecule has 0 heterocycles. The lowest BCUT2D eigenvalue weighted by molar-refractivity contribution is 0.0129. The molecule has 2 atom stereocenters. The van der Waals surface area contributed by atoms with Crippen molar-refractivity contribution in [2.75, 3.05) is 13.2 Å². The van der Waals surface area contributed by atoms with Crippen LogP contribution in [0.1, 0.15) is 38.9 Å². The van der Waals surface area contributed by atoms with Crippen LogP contribution in [0, 0.1) is 11.3 Å². The second-order valence-electron chi connectivity index (χ2n) is 6.22. The van der Waals surface area contributed by atoms with E-state index in [1.807, 2.05) is 6.07 Å². The van der Waals surface area contributed by atoms with Crippen molar-refractivity contribution in [1.29, 1.82) is 5.26 Å². The van der Waals surface area contributed by atoms with Gasteiger partial charge in [-0.3, -0.25) is 0 Å². The normalized spacial score (nSPS) is 13.5. The molecule has 7 nitrogen and oxygen atoms in total. The molecule has 24 heavy (non-hydrogen) atoms. The number of hydrogen-bond donors (Lipinski definition) is 3. The number of rotatable bonds is 7. The van der Waals surface area contributed by atoms with E-state index >= 15 is 0 Å². The van der Waals surface area contributed by atoms with Crippen LogP contribution in [-0.4, -0.2) is 41.2 Å². The lowest BCUT2D eigenvalue weighted by atomic mass is 10.0. The molecule has 132 valence electrons. The van der Waals surface area contributed by atoms with Crippen LogP contribution in [-0.2, 0) is 4.74 Å². The Hall–Kier alpha value is -2.30. The van der Waals surface area contributed by atoms with Gasteiger partial charge in [0.2, 0.25) is 0 Å². The summed E-state index contributed by atoms with van der Waals surface area (Å²) < 4.78 is 10.4. The third kappa shape index (κ3) is 7.31. The molecule has 0 aromatic heterocycles. The maximum absolute atomic E-state index is 11.5. The summed E-state index contributed by atoms with van der Waals surface area (Å²) in [6.45, 7) is 5.35. The fourth-order valence-electron chi connectivity index (χ4n) is 1.81. The predicted octanol–water partition coefficient (Wildman–Crippen LogP) is 1.90. The first kappa shape index (κ1) is 19.7. The van der Waals surface area contributed by atoms with Crippen LogP contribution >= 0.6 is 0 Å². The van der Waals surface area contributed by atoms with Crippen molar-refractivity contribution in [2.45, 2.75) is 45.0 Å². The van der Waals surface area contributed by atoms with Crippen molar-refractivity contribution in [1.82, 2.24) is 5.32 Å². The van der Waals surface area contributed by atoms with Gasteiger partial charge in [-0.25, -0.2) is 4.79 Å². The van der Waals surface area contributed by atoms with Crippen LogP contribution in [0.15, 0.2) is 24.3 Å². The maximum Gasteiger partial charge on any atom is 0.407 e. The summed E-state index contributed by atoms with van der Waals surface area (Å²) >= 11 is 0. The molecule has 1 aromatic carbocycles. The number of benzene rings is 1. The highest BCUT2D eigenvalue weighted by molar-refractivity contribution is 5.67. The van der Waals surface area contributed by atoms with Gasteiger partial charge in [-0.2, -0.15) is 5.26 Å². The van der Waals surface area contributed by atoms with E-state index in [1.165, 1.54) is 0 Å². The summed E-state index contributed by atoms with van der Waals surface area (Å²) in [5.74, 6) is 0.572. The summed E-state index contributed by atoms with van der Waals surface area (Å²) in [5, 5.41) is 30.9. The third-order valence-corrected chi connectivity index (χ3v) is 2.92. The largest absolute Gasteiger partial charge is 0.493 e. The number of carbonyl (C=O) groups is 1. The van der Waals surface area contributed by atoms with Gasteiger partial charge < -0.3 is 25.0 Å². The summed E-state index contributed by atoms with van der Waals surface area (Å²) in [6, 6.07) is 8.49. The van der Waals surface area contributed by atoms with E-state index in [9.17, 15) is 15.0 Å². The van der Waals surface area contributed by atoms with Gasteiger partial charge in [-0.05, 0) is 38.5 Å². The zero-order valence-electron chi connectivity index (χ0n) is 14.2. The van der Waals surface area contributed by atoms with Crippen molar-refractivity contribution in [3.63, 3.8) is 0 Å². The number of aliphatic hydroxyl groups excluding tert-OH is 2. The topological polar surface area (TPSA) is 112 Å². The van der Waals surface area contributed by atoms with Crippen LogP contribution in [0.5, 0.6) is 5.75 Å². The highest BCUT2D eigenvalue weighted by atomic mass is 16.6. The van der Waals surface area contributed by atoms with Gasteiger partial charge in [-0.15, -0.1) is 0 Å². The van der Waals surface area contributed by atoms with Gasteiger partial charge in [0, 0.05) is 6.54 Å². The average molecular weight is 336 g/mol. The van der Waals surface area contributed by atoms with Gasteiger partial charge in [0.25, 0.3) is 0 Å². The van der Waals surface area contributed by atoms with E-state index in [4.69, 9.17) is 14.7 Å². The van der Waals surface area contributed by atoms with Gasteiger partial charge in [0.05, 0.1) is 12.5 Å². The molecule has 0 bridgehead atoms. The number of carbonyl (C=O) groups excluding carboxylic acids is 1. The third-order valence-electron chi connectivity index (χ3n) is 2.92. The van der Waals surface area contributed by atoms with Crippen molar-refractivity contribution in [2.24, 2.45) is 0 Å². The van der Waals surface area contributed by atoms with Crippen molar-refractivity contribution < 1.29 is 24.5 Å². The quantitative estimate of drug-likeness (QED) is 0.656. The Kier molecular flexibility index (Phi) is 7.49. The minimum absolute atomic E-state index is 0.142. The van der Waals surface area contributed by atoms with Gasteiger partial charge in [-0.1, -0.05) is 12.1 Å². The molecular weight excluding hydrogens is 312 g/mol. The van der Waals surface area contributed by atoms with Crippen LogP contribution < -0.4 is 10.1 Å². The van der Waals surface area contributed by atoms with E-state index in [2.05, 4.69) is 5.32 Å². The predicted molar refractivity (Wildman–Crippen MR) is 87.4 cm³/mol. The Balaban J connectivity index is 2.49. The molecule has 0 fully saturated rings. The standard InChI is InChI=1S/C17H24N2O5/c1-17(2,3)24-16(22)19-11-14(20)15(21)12-5-7-13(8-6-12)23-10-4-9-18/h5-8,14-15,20-21H,4,10-11H2,1-3H3,(H,19,22). The second kappa shape index (κ2) is 9.11. The van der Waals surface area contributed by atoms with E-state index < -0.39 is 23.9 Å². The molecule has 1 amide bonds. The summed E-state index contributed by atoms with van der Waals surface area (Å²) in [4.78, 5) is 11.5. The Labute approximate surface area is 141 Å². The van der Waals surface area contributed by atoms with E-state index in [0.717, 1.165) is 0 Å². The first-order valence-electron chi connectivity index (χ1n) is 7.65. The first-order chi connectivity index (χ1) is 11.2. The number of hydrogen-bond acceptors (Lipinski definition) is 6. The number of ether oxygens (including phenoxy) is 2. The highest BCUT2D eigenvalue weighted by Gasteiger charge is 2.21. The van der Waals surface area contributed by atoms with Crippen molar-refractivity contribution >= 4 is 6.09 Å². The van der Waals surface area contributed by atoms with Gasteiger partial charge >= 0.3 is 6.09 Å². The first-order valence-corrected chi connectivity index (χ1v) is 7.65. The van der Waals surface area contributed by atoms with Crippen LogP contribution in [0.3, 0.4) is 0 Å². The highest BCUT2D eigenvalue weighted by Crippen LogP contribution is 2.20. The fourth-order valence-corrected chi connectivity index (χ4v) is 1.81. The van der Waals surface area contributed by atoms with Crippen LogP contribution in [0.2, 0.25) is 0 Å². The molecule has 2 unspecified atom stereocenters. The minimum atomic E-state index is -1.18. The summed E-state index contributed by atoms with van der Waals surface area (Å²) in [6.07, 6.45) is -2.70. The van der Waals surface area contributed by atoms with E-state index in [-0.39, 0.29) is 6.54 Å². The molecule has 0 spiro atoms. The molecule has 0 aliphatic rings. The smallest absolute Gasteiger partial charge is 0.407 e. The van der Waals surface area contributed by atoms with Crippen LogP contribution in [0.25, 0.3) is 0 Å². The van der Waals surface area contributed by atoms with E-state index in [0.29, 0.717) is 24.3 Å². The SMILES string of the molecule is CC(C)(C)OC(=O)NCC(O)C(O)c1ccc(OCCC#N)cc1. The lowest BCUT2D eigenvalue weighted by Crippen LogP contribution is -2.38. The molecule has 1 aromatic rings. The lowest BCUT2D eigenvalue weighted by Gasteiger charge is -2.22. The number of nitrogens with zero attached hydrogens (tertiary/aromatic N) is 1. The number of nitriles is 1. The molecule has 0 aliphatic heterocycles.